The highest BCUT2D eigenvalue weighted by Crippen LogP contribution is 2.33. The van der Waals surface area contributed by atoms with Crippen molar-refractivity contribution in [3.8, 4) is 0 Å². The molecule has 0 saturated heterocycles. The third-order valence-electron chi connectivity index (χ3n) is 3.00. The Labute approximate surface area is 103 Å². The van der Waals surface area contributed by atoms with E-state index in [1.807, 2.05) is 13.0 Å². The molecule has 1 aliphatic heterocycles. The minimum Gasteiger partial charge on any atom is -0.359 e. The molecule has 1 amide bonds. The highest BCUT2D eigenvalue weighted by atomic mass is 16.5. The normalized spacial score (nSPS) is 14.2. The summed E-state index contributed by atoms with van der Waals surface area (Å²) < 4.78 is 4.98. The second-order valence-electron chi connectivity index (χ2n) is 4.17. The zero-order chi connectivity index (χ0) is 12.7. The minimum absolute atomic E-state index is 0.225. The van der Waals surface area contributed by atoms with Gasteiger partial charge in [-0.1, -0.05) is 17.3 Å². The maximum Gasteiger partial charge on any atom is 0.299 e. The average Bonchev–Trinajstić information content (AvgIpc) is 2.94. The van der Waals surface area contributed by atoms with Crippen LogP contribution in [0.3, 0.4) is 0 Å². The Kier molecular flexibility index (Phi) is 2.26. The predicted octanol–water partition coefficient (Wildman–Crippen LogP) is 1.71. The topological polar surface area (TPSA) is 63.4 Å². The Morgan fingerprint density at radius 3 is 2.83 bits per heavy atom. The van der Waals surface area contributed by atoms with Gasteiger partial charge in [-0.25, -0.2) is 0 Å². The number of amides is 1. The third kappa shape index (κ3) is 1.44. The number of hydrogen-bond donors (Lipinski definition) is 0. The molecular weight excluding hydrogens is 232 g/mol. The van der Waals surface area contributed by atoms with Gasteiger partial charge in [0, 0.05) is 6.07 Å². The number of ketones is 1. The Hall–Kier alpha value is -2.43. The Morgan fingerprint density at radius 1 is 1.28 bits per heavy atom. The van der Waals surface area contributed by atoms with E-state index in [0.29, 0.717) is 17.0 Å². The fourth-order valence-corrected chi connectivity index (χ4v) is 2.17. The maximum absolute atomic E-state index is 12.0. The number of carbonyl (C=O) groups is 2. The number of aromatic nitrogens is 1. The summed E-state index contributed by atoms with van der Waals surface area (Å²) in [5.74, 6) is -0.434. The van der Waals surface area contributed by atoms with Gasteiger partial charge in [-0.3, -0.25) is 14.5 Å². The fraction of sp³-hybridized carbons (Fsp3) is 0.154. The van der Waals surface area contributed by atoms with E-state index in [1.165, 1.54) is 11.1 Å². The van der Waals surface area contributed by atoms with Crippen molar-refractivity contribution < 1.29 is 14.1 Å². The molecule has 18 heavy (non-hydrogen) atoms. The molecule has 0 atom stereocenters. The van der Waals surface area contributed by atoms with Crippen LogP contribution in [0.5, 0.6) is 0 Å². The second-order valence-corrected chi connectivity index (χ2v) is 4.17. The monoisotopic (exact) mass is 242 g/mol. The van der Waals surface area contributed by atoms with Gasteiger partial charge in [-0.15, -0.1) is 0 Å². The number of Topliss-reactive ketones (excluding diaryl/α,β-unsaturated/α-hetero) is 1. The molecule has 0 radical (unpaired) electrons. The van der Waals surface area contributed by atoms with Crippen LogP contribution < -0.4 is 4.90 Å². The molecule has 5 heteroatoms. The highest BCUT2D eigenvalue weighted by molar-refractivity contribution is 6.52. The maximum atomic E-state index is 12.0. The van der Waals surface area contributed by atoms with Crippen LogP contribution in [0.1, 0.15) is 21.7 Å². The first-order valence-electron chi connectivity index (χ1n) is 5.54. The van der Waals surface area contributed by atoms with Crippen molar-refractivity contribution in [3.05, 3.63) is 47.3 Å². The van der Waals surface area contributed by atoms with Crippen LogP contribution in [0.2, 0.25) is 0 Å². The van der Waals surface area contributed by atoms with E-state index >= 15 is 0 Å². The summed E-state index contributed by atoms with van der Waals surface area (Å²) in [6, 6.07) is 6.99. The van der Waals surface area contributed by atoms with Crippen molar-refractivity contribution in [2.75, 3.05) is 4.90 Å². The average molecular weight is 242 g/mol. The molecule has 1 aliphatic rings. The van der Waals surface area contributed by atoms with Crippen LogP contribution in [0, 0.1) is 6.92 Å². The molecule has 0 aliphatic carbocycles. The molecular formula is C13H10N2O3. The first kappa shape index (κ1) is 10.7. The molecule has 2 heterocycles. The minimum atomic E-state index is -0.518. The number of para-hydroxylation sites is 1. The lowest BCUT2D eigenvalue weighted by Gasteiger charge is -2.16. The Bertz CT molecular complexity index is 632. The van der Waals surface area contributed by atoms with Crippen LogP contribution in [-0.2, 0) is 11.3 Å². The lowest BCUT2D eigenvalue weighted by molar-refractivity contribution is -0.114. The summed E-state index contributed by atoms with van der Waals surface area (Å²) in [7, 11) is 0. The third-order valence-corrected chi connectivity index (χ3v) is 3.00. The number of hydrogen-bond acceptors (Lipinski definition) is 4. The van der Waals surface area contributed by atoms with Gasteiger partial charge in [0.05, 0.1) is 24.0 Å². The number of aryl methyl sites for hydroxylation is 1. The van der Waals surface area contributed by atoms with Gasteiger partial charge in [0.25, 0.3) is 11.7 Å². The van der Waals surface area contributed by atoms with Crippen LogP contribution in [0.15, 0.2) is 35.0 Å². The first-order chi connectivity index (χ1) is 8.68. The molecule has 1 aromatic heterocycles. The molecule has 0 fully saturated rings. The largest absolute Gasteiger partial charge is 0.359 e. The van der Waals surface area contributed by atoms with Crippen molar-refractivity contribution in [3.63, 3.8) is 0 Å². The van der Waals surface area contributed by atoms with Crippen molar-refractivity contribution in [2.24, 2.45) is 0 Å². The van der Waals surface area contributed by atoms with E-state index in [2.05, 4.69) is 5.16 Å². The second kappa shape index (κ2) is 3.80. The number of benzene rings is 1. The summed E-state index contributed by atoms with van der Waals surface area (Å²) in [6.07, 6.45) is 1.51. The van der Waals surface area contributed by atoms with E-state index < -0.39 is 11.7 Å². The van der Waals surface area contributed by atoms with Gasteiger partial charge in [-0.2, -0.15) is 0 Å². The van der Waals surface area contributed by atoms with Crippen LogP contribution >= 0.6 is 0 Å². The molecule has 2 aromatic rings. The molecule has 0 spiro atoms. The summed E-state index contributed by atoms with van der Waals surface area (Å²) in [5.41, 5.74) is 2.02. The summed E-state index contributed by atoms with van der Waals surface area (Å²) >= 11 is 0. The molecule has 0 unspecified atom stereocenters. The quantitative estimate of drug-likeness (QED) is 0.752. The lowest BCUT2D eigenvalue weighted by Crippen LogP contribution is -2.29. The van der Waals surface area contributed by atoms with E-state index in [0.717, 1.165) is 5.56 Å². The van der Waals surface area contributed by atoms with E-state index in [1.54, 1.807) is 18.2 Å². The van der Waals surface area contributed by atoms with Crippen LogP contribution in [-0.4, -0.2) is 16.8 Å². The smallest absolute Gasteiger partial charge is 0.299 e. The zero-order valence-corrected chi connectivity index (χ0v) is 9.71. The van der Waals surface area contributed by atoms with Gasteiger partial charge in [0.2, 0.25) is 0 Å². The van der Waals surface area contributed by atoms with Crippen LogP contribution in [0.25, 0.3) is 0 Å². The van der Waals surface area contributed by atoms with Crippen LogP contribution in [0.4, 0.5) is 5.69 Å². The van der Waals surface area contributed by atoms with Gasteiger partial charge in [0.1, 0.15) is 0 Å². The number of anilines is 1. The molecule has 0 bridgehead atoms. The molecule has 90 valence electrons. The van der Waals surface area contributed by atoms with E-state index in [-0.39, 0.29) is 6.54 Å². The number of rotatable bonds is 2. The summed E-state index contributed by atoms with van der Waals surface area (Å²) in [4.78, 5) is 25.2. The molecule has 0 saturated carbocycles. The predicted molar refractivity (Wildman–Crippen MR) is 63.2 cm³/mol. The Balaban J connectivity index is 2.07. The summed E-state index contributed by atoms with van der Waals surface area (Å²) in [5, 5.41) is 3.59. The highest BCUT2D eigenvalue weighted by Gasteiger charge is 2.37. The van der Waals surface area contributed by atoms with Crippen molar-refractivity contribution in [1.82, 2.24) is 5.16 Å². The van der Waals surface area contributed by atoms with Gasteiger partial charge in [-0.05, 0) is 18.6 Å². The Morgan fingerprint density at radius 2 is 2.11 bits per heavy atom. The molecule has 0 N–H and O–H groups in total. The van der Waals surface area contributed by atoms with Gasteiger partial charge < -0.3 is 4.52 Å². The van der Waals surface area contributed by atoms with E-state index in [4.69, 9.17) is 4.52 Å². The number of nitrogens with zero attached hydrogens (tertiary/aromatic N) is 2. The standard InChI is InChI=1S/C13H10N2O3/c1-8-3-2-4-10-11(8)15(13(17)12(10)16)7-9-5-6-14-18-9/h2-6H,7H2,1H3. The van der Waals surface area contributed by atoms with Crippen molar-refractivity contribution in [1.29, 1.82) is 0 Å². The number of carbonyl (C=O) groups excluding carboxylic acids is 2. The van der Waals surface area contributed by atoms with E-state index in [9.17, 15) is 9.59 Å². The molecule has 3 rings (SSSR count). The zero-order valence-electron chi connectivity index (χ0n) is 9.71. The van der Waals surface area contributed by atoms with Gasteiger partial charge >= 0.3 is 0 Å². The number of fused-ring (bicyclic) bond motifs is 1. The van der Waals surface area contributed by atoms with Crippen molar-refractivity contribution in [2.45, 2.75) is 13.5 Å². The summed E-state index contributed by atoms with van der Waals surface area (Å²) in [6.45, 7) is 2.10. The first-order valence-corrected chi connectivity index (χ1v) is 5.54. The van der Waals surface area contributed by atoms with Gasteiger partial charge in [0.15, 0.2) is 5.76 Å². The molecule has 5 nitrogen and oxygen atoms in total. The van der Waals surface area contributed by atoms with Crippen molar-refractivity contribution >= 4 is 17.4 Å². The lowest BCUT2D eigenvalue weighted by atomic mass is 10.1. The molecule has 1 aromatic carbocycles. The fourth-order valence-electron chi connectivity index (χ4n) is 2.17. The SMILES string of the molecule is Cc1cccc2c1N(Cc1ccno1)C(=O)C2=O.